The highest BCUT2D eigenvalue weighted by molar-refractivity contribution is 5.98. The number of carbonyl (C=O) groups is 2. The quantitative estimate of drug-likeness (QED) is 0.504. The van der Waals surface area contributed by atoms with Gasteiger partial charge >= 0.3 is 5.97 Å². The van der Waals surface area contributed by atoms with Gasteiger partial charge in [-0.3, -0.25) is 4.79 Å². The highest BCUT2D eigenvalue weighted by atomic mass is 16.5. The van der Waals surface area contributed by atoms with E-state index in [1.807, 2.05) is 42.5 Å². The monoisotopic (exact) mass is 360 g/mol. The summed E-state index contributed by atoms with van der Waals surface area (Å²) in [5.41, 5.74) is 2.93. The number of hydrogen-bond acceptors (Lipinski definition) is 4. The van der Waals surface area contributed by atoms with Gasteiger partial charge in [0.2, 0.25) is 0 Å². The van der Waals surface area contributed by atoms with Gasteiger partial charge in [-0.25, -0.2) is 4.79 Å². The van der Waals surface area contributed by atoms with E-state index in [1.165, 1.54) is 11.6 Å². The maximum absolute atomic E-state index is 12.2. The summed E-state index contributed by atoms with van der Waals surface area (Å²) in [5, 5.41) is 12.1. The lowest BCUT2D eigenvalue weighted by atomic mass is 9.88. The van der Waals surface area contributed by atoms with Gasteiger partial charge < -0.3 is 10.1 Å². The highest BCUT2D eigenvalue weighted by Gasteiger charge is 2.22. The summed E-state index contributed by atoms with van der Waals surface area (Å²) in [6, 6.07) is 18.8. The Morgan fingerprint density at radius 2 is 1.89 bits per heavy atom. The Bertz CT molecular complexity index is 897. The molecule has 27 heavy (non-hydrogen) atoms. The van der Waals surface area contributed by atoms with E-state index in [2.05, 4.69) is 11.4 Å². The molecule has 5 heteroatoms. The van der Waals surface area contributed by atoms with Crippen molar-refractivity contribution >= 4 is 18.0 Å². The van der Waals surface area contributed by atoms with Crippen LogP contribution in [0.2, 0.25) is 0 Å². The number of nitrogens with one attached hydrogen (secondary N) is 1. The number of aryl methyl sites for hydroxylation is 1. The van der Waals surface area contributed by atoms with E-state index in [1.54, 1.807) is 12.1 Å². The van der Waals surface area contributed by atoms with Crippen LogP contribution in [0, 0.1) is 11.3 Å². The zero-order valence-corrected chi connectivity index (χ0v) is 14.9. The smallest absolute Gasteiger partial charge is 0.349 e. The van der Waals surface area contributed by atoms with E-state index in [0.717, 1.165) is 24.8 Å². The molecule has 0 radical (unpaired) electrons. The second kappa shape index (κ2) is 8.81. The molecule has 0 heterocycles. The first kappa shape index (κ1) is 18.4. The van der Waals surface area contributed by atoms with E-state index in [0.29, 0.717) is 5.56 Å². The van der Waals surface area contributed by atoms with Gasteiger partial charge in [0.15, 0.2) is 6.61 Å². The minimum absolute atomic E-state index is 0.0727. The lowest BCUT2D eigenvalue weighted by molar-refractivity contribution is -0.144. The maximum Gasteiger partial charge on any atom is 0.349 e. The molecule has 2 aromatic rings. The third-order valence-electron chi connectivity index (χ3n) is 4.49. The van der Waals surface area contributed by atoms with Crippen LogP contribution >= 0.6 is 0 Å². The van der Waals surface area contributed by atoms with Gasteiger partial charge in [-0.1, -0.05) is 54.6 Å². The van der Waals surface area contributed by atoms with E-state index < -0.39 is 12.6 Å². The van der Waals surface area contributed by atoms with Crippen LogP contribution in [0.15, 0.2) is 60.2 Å². The predicted octanol–water partition coefficient (Wildman–Crippen LogP) is 3.33. The van der Waals surface area contributed by atoms with Gasteiger partial charge in [0, 0.05) is 0 Å². The molecule has 136 valence electrons. The average Bonchev–Trinajstić information content (AvgIpc) is 2.71. The first-order valence-corrected chi connectivity index (χ1v) is 8.88. The van der Waals surface area contributed by atoms with Crippen LogP contribution in [0.1, 0.15) is 35.6 Å². The molecule has 0 saturated heterocycles. The van der Waals surface area contributed by atoms with Crippen LogP contribution in [-0.2, 0) is 20.7 Å². The van der Waals surface area contributed by atoms with Crippen molar-refractivity contribution < 1.29 is 14.3 Å². The van der Waals surface area contributed by atoms with Crippen molar-refractivity contribution in [1.29, 1.82) is 5.26 Å². The Kier molecular flexibility index (Phi) is 6.01. The van der Waals surface area contributed by atoms with Crippen molar-refractivity contribution in [2.75, 3.05) is 6.61 Å². The van der Waals surface area contributed by atoms with Crippen LogP contribution in [0.25, 0.3) is 6.08 Å². The van der Waals surface area contributed by atoms with Crippen LogP contribution in [0.3, 0.4) is 0 Å². The lowest BCUT2D eigenvalue weighted by Gasteiger charge is -2.26. The molecule has 3 rings (SSSR count). The summed E-state index contributed by atoms with van der Waals surface area (Å²) in [6.45, 7) is -0.411. The molecule has 1 atom stereocenters. The van der Waals surface area contributed by atoms with Crippen molar-refractivity contribution in [3.8, 4) is 6.07 Å². The largest absolute Gasteiger partial charge is 0.451 e. The fourth-order valence-corrected chi connectivity index (χ4v) is 3.20. The van der Waals surface area contributed by atoms with Gasteiger partial charge in [0.1, 0.15) is 11.6 Å². The second-order valence-electron chi connectivity index (χ2n) is 6.37. The van der Waals surface area contributed by atoms with Crippen molar-refractivity contribution in [1.82, 2.24) is 5.32 Å². The third kappa shape index (κ3) is 4.83. The van der Waals surface area contributed by atoms with Gasteiger partial charge in [0.05, 0.1) is 6.04 Å². The number of amides is 1. The van der Waals surface area contributed by atoms with Crippen LogP contribution in [-0.4, -0.2) is 18.5 Å². The standard InChI is InChI=1S/C22H20N2O3/c23-14-18(13-16-7-2-1-3-8-16)22(26)27-15-21(25)24-20-12-6-10-17-9-4-5-11-19(17)20/h1-5,7-9,11,13,20H,6,10,12,15H2,(H,24,25)/b18-13+/t20-/m0/s1. The average molecular weight is 360 g/mol. The SMILES string of the molecule is N#C/C(=C\c1ccccc1)C(=O)OCC(=O)N[C@H]1CCCc2ccccc21. The zero-order chi connectivity index (χ0) is 19.1. The highest BCUT2D eigenvalue weighted by Crippen LogP contribution is 2.29. The minimum atomic E-state index is -0.805. The van der Waals surface area contributed by atoms with E-state index in [-0.39, 0.29) is 17.5 Å². The van der Waals surface area contributed by atoms with Crippen molar-refractivity contribution in [3.63, 3.8) is 0 Å². The molecule has 0 bridgehead atoms. The molecule has 0 spiro atoms. The predicted molar refractivity (Wildman–Crippen MR) is 101 cm³/mol. The van der Waals surface area contributed by atoms with E-state index in [4.69, 9.17) is 4.74 Å². The molecule has 0 aliphatic heterocycles. The zero-order valence-electron chi connectivity index (χ0n) is 14.9. The molecular formula is C22H20N2O3. The number of benzene rings is 2. The van der Waals surface area contributed by atoms with Gasteiger partial charge in [-0.15, -0.1) is 0 Å². The Morgan fingerprint density at radius 3 is 2.67 bits per heavy atom. The normalized spacial score (nSPS) is 16.0. The second-order valence-corrected chi connectivity index (χ2v) is 6.37. The lowest BCUT2D eigenvalue weighted by Crippen LogP contribution is -2.34. The number of fused-ring (bicyclic) bond motifs is 1. The Hall–Kier alpha value is -3.39. The van der Waals surface area contributed by atoms with Gasteiger partial charge in [0.25, 0.3) is 5.91 Å². The molecule has 1 N–H and O–H groups in total. The minimum Gasteiger partial charge on any atom is -0.451 e. The van der Waals surface area contributed by atoms with Crippen LogP contribution in [0.5, 0.6) is 0 Å². The number of nitriles is 1. The molecular weight excluding hydrogens is 340 g/mol. The fraction of sp³-hybridized carbons (Fsp3) is 0.227. The first-order valence-electron chi connectivity index (χ1n) is 8.88. The summed E-state index contributed by atoms with van der Waals surface area (Å²) in [6.07, 6.45) is 4.30. The molecule has 1 amide bonds. The van der Waals surface area contributed by atoms with E-state index in [9.17, 15) is 14.9 Å². The van der Waals surface area contributed by atoms with Gasteiger partial charge in [-0.2, -0.15) is 5.26 Å². The number of rotatable bonds is 5. The Morgan fingerprint density at radius 1 is 1.15 bits per heavy atom. The summed E-state index contributed by atoms with van der Waals surface area (Å²) in [5.74, 6) is -1.18. The molecule has 2 aromatic carbocycles. The summed E-state index contributed by atoms with van der Waals surface area (Å²) >= 11 is 0. The fourth-order valence-electron chi connectivity index (χ4n) is 3.20. The molecule has 0 unspecified atom stereocenters. The number of esters is 1. The summed E-state index contributed by atoms with van der Waals surface area (Å²) < 4.78 is 5.02. The molecule has 0 fully saturated rings. The summed E-state index contributed by atoms with van der Waals surface area (Å²) in [4.78, 5) is 24.3. The van der Waals surface area contributed by atoms with Crippen molar-refractivity contribution in [2.45, 2.75) is 25.3 Å². The maximum atomic E-state index is 12.2. The molecule has 5 nitrogen and oxygen atoms in total. The topological polar surface area (TPSA) is 79.2 Å². The Balaban J connectivity index is 1.57. The van der Waals surface area contributed by atoms with Crippen LogP contribution < -0.4 is 5.32 Å². The number of hydrogen-bond donors (Lipinski definition) is 1. The molecule has 0 saturated carbocycles. The van der Waals surface area contributed by atoms with Crippen molar-refractivity contribution in [2.24, 2.45) is 0 Å². The molecule has 1 aliphatic carbocycles. The number of carbonyl (C=O) groups excluding carboxylic acids is 2. The van der Waals surface area contributed by atoms with Crippen molar-refractivity contribution in [3.05, 3.63) is 76.9 Å². The van der Waals surface area contributed by atoms with E-state index >= 15 is 0 Å². The summed E-state index contributed by atoms with van der Waals surface area (Å²) in [7, 11) is 0. The van der Waals surface area contributed by atoms with Gasteiger partial charge in [-0.05, 0) is 42.0 Å². The third-order valence-corrected chi connectivity index (χ3v) is 4.49. The van der Waals surface area contributed by atoms with Crippen LogP contribution in [0.4, 0.5) is 0 Å². The Labute approximate surface area is 158 Å². The number of nitrogens with zero attached hydrogens (tertiary/aromatic N) is 1. The number of ether oxygens (including phenoxy) is 1. The molecule has 0 aromatic heterocycles. The molecule has 1 aliphatic rings. The first-order chi connectivity index (χ1) is 13.2.